The van der Waals surface area contributed by atoms with Crippen molar-refractivity contribution in [3.8, 4) is 11.5 Å². The van der Waals surface area contributed by atoms with Crippen LogP contribution in [0.1, 0.15) is 57.4 Å². The number of aliphatic hydroxyl groups excluding tert-OH is 1. The zero-order valence-corrected chi connectivity index (χ0v) is 21.2. The maximum Gasteiger partial charge on any atom is 0.295 e. The highest BCUT2D eigenvalue weighted by molar-refractivity contribution is 6.46. The highest BCUT2D eigenvalue weighted by atomic mass is 16.5. The first-order valence-corrected chi connectivity index (χ1v) is 12.2. The Morgan fingerprint density at radius 3 is 2.29 bits per heavy atom. The smallest absolute Gasteiger partial charge is 0.295 e. The number of carbonyl (C=O) groups excluding carboxylic acids is 2. The summed E-state index contributed by atoms with van der Waals surface area (Å²) in [5.41, 5.74) is 2.26. The van der Waals surface area contributed by atoms with Crippen LogP contribution >= 0.6 is 0 Å². The van der Waals surface area contributed by atoms with E-state index in [1.807, 2.05) is 52.0 Å². The van der Waals surface area contributed by atoms with Crippen molar-refractivity contribution >= 4 is 17.4 Å². The maximum atomic E-state index is 13.3. The lowest BCUT2D eigenvalue weighted by atomic mass is 9.94. The van der Waals surface area contributed by atoms with Gasteiger partial charge >= 0.3 is 0 Å². The molecule has 1 amide bonds. The minimum absolute atomic E-state index is 0.00767. The molecule has 1 aliphatic heterocycles. The van der Waals surface area contributed by atoms with Crippen molar-refractivity contribution in [3.05, 3.63) is 64.7 Å². The number of carbonyl (C=O) groups is 2. The van der Waals surface area contributed by atoms with E-state index < -0.39 is 17.7 Å². The van der Waals surface area contributed by atoms with E-state index in [0.717, 1.165) is 17.5 Å². The van der Waals surface area contributed by atoms with Crippen LogP contribution in [0.3, 0.4) is 0 Å². The molecule has 2 aromatic carbocycles. The SMILES string of the molecule is CCOc1ccc(/C(O)=C2/C(=O)C(=O)N(CCOC(C)C)C2c2ccc(CC)cc2)c(OCC)c1. The highest BCUT2D eigenvalue weighted by Gasteiger charge is 2.46. The number of likely N-dealkylation sites (tertiary alicyclic amines) is 1. The predicted molar refractivity (Wildman–Crippen MR) is 135 cm³/mol. The van der Waals surface area contributed by atoms with Crippen molar-refractivity contribution in [2.45, 2.75) is 53.2 Å². The minimum Gasteiger partial charge on any atom is -0.507 e. The predicted octanol–water partition coefficient (Wildman–Crippen LogP) is 4.89. The van der Waals surface area contributed by atoms with Crippen LogP contribution in [0.4, 0.5) is 0 Å². The summed E-state index contributed by atoms with van der Waals surface area (Å²) in [6.07, 6.45) is 0.860. The second-order valence-corrected chi connectivity index (χ2v) is 8.53. The van der Waals surface area contributed by atoms with Gasteiger partial charge in [-0.05, 0) is 57.4 Å². The van der Waals surface area contributed by atoms with Gasteiger partial charge in [0.25, 0.3) is 11.7 Å². The van der Waals surface area contributed by atoms with Crippen molar-refractivity contribution < 1.29 is 28.9 Å². The van der Waals surface area contributed by atoms with Crippen molar-refractivity contribution in [2.75, 3.05) is 26.4 Å². The monoisotopic (exact) mass is 481 g/mol. The van der Waals surface area contributed by atoms with Crippen LogP contribution < -0.4 is 9.47 Å². The molecule has 1 atom stereocenters. The molecule has 35 heavy (non-hydrogen) atoms. The number of ketones is 1. The quantitative estimate of drug-likeness (QED) is 0.279. The Hall–Kier alpha value is -3.32. The van der Waals surface area contributed by atoms with Crippen LogP contribution in [0, 0.1) is 0 Å². The van der Waals surface area contributed by atoms with E-state index in [1.54, 1.807) is 18.2 Å². The van der Waals surface area contributed by atoms with E-state index in [-0.39, 0.29) is 30.6 Å². The van der Waals surface area contributed by atoms with Gasteiger partial charge in [0.15, 0.2) is 0 Å². The largest absolute Gasteiger partial charge is 0.507 e. The second-order valence-electron chi connectivity index (χ2n) is 8.53. The third-order valence-corrected chi connectivity index (χ3v) is 5.85. The molecule has 1 N–H and O–H groups in total. The van der Waals surface area contributed by atoms with Crippen molar-refractivity contribution in [1.82, 2.24) is 4.90 Å². The van der Waals surface area contributed by atoms with E-state index in [0.29, 0.717) is 30.3 Å². The number of hydrogen-bond acceptors (Lipinski definition) is 6. The first-order valence-electron chi connectivity index (χ1n) is 12.2. The number of amides is 1. The summed E-state index contributed by atoms with van der Waals surface area (Å²) < 4.78 is 17.0. The van der Waals surface area contributed by atoms with Gasteiger partial charge in [-0.2, -0.15) is 0 Å². The van der Waals surface area contributed by atoms with Gasteiger partial charge in [0.1, 0.15) is 17.3 Å². The normalized spacial score (nSPS) is 17.3. The zero-order valence-electron chi connectivity index (χ0n) is 21.2. The van der Waals surface area contributed by atoms with Crippen molar-refractivity contribution in [2.24, 2.45) is 0 Å². The molecule has 0 saturated carbocycles. The Labute approximate surface area is 207 Å². The number of ether oxygens (including phenoxy) is 3. The molecule has 0 aromatic heterocycles. The Morgan fingerprint density at radius 2 is 1.69 bits per heavy atom. The molecule has 7 heteroatoms. The molecule has 188 valence electrons. The van der Waals surface area contributed by atoms with Crippen LogP contribution in [-0.2, 0) is 20.7 Å². The summed E-state index contributed by atoms with van der Waals surface area (Å²) in [7, 11) is 0. The Morgan fingerprint density at radius 1 is 1.00 bits per heavy atom. The van der Waals surface area contributed by atoms with Gasteiger partial charge in [0, 0.05) is 12.6 Å². The molecule has 2 aromatic rings. The molecular weight excluding hydrogens is 446 g/mol. The summed E-state index contributed by atoms with van der Waals surface area (Å²) in [5.74, 6) is -0.692. The van der Waals surface area contributed by atoms with Crippen molar-refractivity contribution in [3.63, 3.8) is 0 Å². The van der Waals surface area contributed by atoms with Crippen LogP contribution in [0.25, 0.3) is 5.76 Å². The van der Waals surface area contributed by atoms with Crippen LogP contribution in [-0.4, -0.2) is 54.2 Å². The molecule has 0 radical (unpaired) electrons. The van der Waals surface area contributed by atoms with Gasteiger partial charge in [-0.15, -0.1) is 0 Å². The third kappa shape index (κ3) is 5.85. The van der Waals surface area contributed by atoms with Crippen LogP contribution in [0.2, 0.25) is 0 Å². The molecule has 0 aliphatic carbocycles. The van der Waals surface area contributed by atoms with Gasteiger partial charge in [0.2, 0.25) is 0 Å². The second kappa shape index (κ2) is 11.9. The van der Waals surface area contributed by atoms with Gasteiger partial charge in [0.05, 0.1) is 43.1 Å². The molecule has 1 heterocycles. The summed E-state index contributed by atoms with van der Waals surface area (Å²) in [6, 6.07) is 12.1. The number of benzene rings is 2. The summed E-state index contributed by atoms with van der Waals surface area (Å²) in [4.78, 5) is 27.8. The molecule has 1 aliphatic rings. The number of Topliss-reactive ketones (excluding diaryl/α,β-unsaturated/α-hetero) is 1. The molecule has 0 bridgehead atoms. The van der Waals surface area contributed by atoms with Gasteiger partial charge in [-0.1, -0.05) is 31.2 Å². The molecule has 7 nitrogen and oxygen atoms in total. The van der Waals surface area contributed by atoms with Gasteiger partial charge in [-0.25, -0.2) is 0 Å². The van der Waals surface area contributed by atoms with Crippen molar-refractivity contribution in [1.29, 1.82) is 0 Å². The number of aliphatic hydroxyl groups is 1. The van der Waals surface area contributed by atoms with E-state index in [9.17, 15) is 14.7 Å². The fourth-order valence-electron chi connectivity index (χ4n) is 4.15. The number of nitrogens with zero attached hydrogens (tertiary/aromatic N) is 1. The lowest BCUT2D eigenvalue weighted by molar-refractivity contribution is -0.140. The third-order valence-electron chi connectivity index (χ3n) is 5.85. The fourth-order valence-corrected chi connectivity index (χ4v) is 4.15. The molecule has 0 spiro atoms. The number of aryl methyl sites for hydroxylation is 1. The molecule has 1 saturated heterocycles. The fraction of sp³-hybridized carbons (Fsp3) is 0.429. The Bertz CT molecular complexity index is 1070. The summed E-state index contributed by atoms with van der Waals surface area (Å²) in [6.45, 7) is 10.9. The summed E-state index contributed by atoms with van der Waals surface area (Å²) >= 11 is 0. The lowest BCUT2D eigenvalue weighted by Gasteiger charge is -2.26. The van der Waals surface area contributed by atoms with Gasteiger partial charge in [-0.3, -0.25) is 9.59 Å². The molecule has 1 fully saturated rings. The Balaban J connectivity index is 2.13. The topological polar surface area (TPSA) is 85.3 Å². The maximum absolute atomic E-state index is 13.3. The highest BCUT2D eigenvalue weighted by Crippen LogP contribution is 2.41. The standard InChI is InChI=1S/C28H35NO6/c1-6-19-9-11-20(12-10-19)25-24(27(31)28(32)29(25)15-16-35-18(4)5)26(30)22-14-13-21(33-7-2)17-23(22)34-8-3/h9-14,17-18,25,30H,6-8,15-16H2,1-5H3/b26-24-. The minimum atomic E-state index is -0.738. The number of rotatable bonds is 11. The average Bonchev–Trinajstić information content (AvgIpc) is 3.09. The van der Waals surface area contributed by atoms with E-state index in [4.69, 9.17) is 14.2 Å². The zero-order chi connectivity index (χ0) is 25.5. The van der Waals surface area contributed by atoms with Gasteiger partial charge < -0.3 is 24.2 Å². The van der Waals surface area contributed by atoms with E-state index in [2.05, 4.69) is 6.92 Å². The molecule has 3 rings (SSSR count). The summed E-state index contributed by atoms with van der Waals surface area (Å²) in [5, 5.41) is 11.4. The van der Waals surface area contributed by atoms with Crippen LogP contribution in [0.5, 0.6) is 11.5 Å². The number of hydrogen-bond donors (Lipinski definition) is 1. The molecular formula is C28H35NO6. The Kier molecular flexibility index (Phi) is 8.93. The van der Waals surface area contributed by atoms with Crippen LogP contribution in [0.15, 0.2) is 48.0 Å². The molecule has 1 unspecified atom stereocenters. The first-order chi connectivity index (χ1) is 16.8. The van der Waals surface area contributed by atoms with E-state index >= 15 is 0 Å². The lowest BCUT2D eigenvalue weighted by Crippen LogP contribution is -2.33. The average molecular weight is 482 g/mol. The van der Waals surface area contributed by atoms with E-state index in [1.165, 1.54) is 4.90 Å². The first kappa shape index (κ1) is 26.3.